The Hall–Kier alpha value is -4.23. The highest BCUT2D eigenvalue weighted by molar-refractivity contribution is 6.07. The fourth-order valence-corrected chi connectivity index (χ4v) is 3.86. The topological polar surface area (TPSA) is 114 Å². The number of nitrogens with one attached hydrogen (secondary N) is 2. The van der Waals surface area contributed by atoms with Gasteiger partial charge in [0.1, 0.15) is 11.7 Å². The molecule has 3 N–H and O–H groups in total. The highest BCUT2D eigenvalue weighted by Crippen LogP contribution is 2.44. The Labute approximate surface area is 197 Å². The molecule has 0 spiro atoms. The van der Waals surface area contributed by atoms with Crippen molar-refractivity contribution in [2.24, 2.45) is 5.92 Å². The third kappa shape index (κ3) is 4.65. The summed E-state index contributed by atoms with van der Waals surface area (Å²) in [5, 5.41) is 18.4. The maximum absolute atomic E-state index is 13.2. The molecule has 2 atom stereocenters. The van der Waals surface area contributed by atoms with E-state index in [1.165, 1.54) is 31.5 Å². The van der Waals surface area contributed by atoms with E-state index < -0.39 is 52.9 Å². The molecule has 0 saturated heterocycles. The molecule has 2 unspecified atom stereocenters. The van der Waals surface area contributed by atoms with Gasteiger partial charge in [-0.2, -0.15) is 31.4 Å². The molecular weight excluding hydrogens is 500 g/mol. The van der Waals surface area contributed by atoms with Crippen LogP contribution in [0.2, 0.25) is 0 Å². The molecule has 0 bridgehead atoms. The second-order valence-electron chi connectivity index (χ2n) is 7.73. The average Bonchev–Trinajstić information content (AvgIpc) is 3.25. The number of aromatic nitrogens is 2. The van der Waals surface area contributed by atoms with Gasteiger partial charge >= 0.3 is 18.3 Å². The monoisotopic (exact) mass is 515 g/mol. The molecule has 1 amide bonds. The number of nitrogens with zero attached hydrogens (tertiary/aromatic N) is 1. The van der Waals surface area contributed by atoms with E-state index >= 15 is 0 Å². The van der Waals surface area contributed by atoms with Crippen LogP contribution in [0.25, 0.3) is 0 Å². The Bertz CT molecular complexity index is 1300. The molecule has 0 aliphatic carbocycles. The number of methoxy groups -OCH3 is 1. The lowest BCUT2D eigenvalue weighted by atomic mass is 9.79. The van der Waals surface area contributed by atoms with Crippen LogP contribution in [0.15, 0.2) is 42.6 Å². The number of ether oxygens (including phenoxy) is 2. The summed E-state index contributed by atoms with van der Waals surface area (Å²) in [6.45, 7) is 0. The van der Waals surface area contributed by atoms with Crippen molar-refractivity contribution in [3.8, 4) is 17.2 Å². The van der Waals surface area contributed by atoms with E-state index in [1.54, 1.807) is 0 Å². The predicted molar refractivity (Wildman–Crippen MR) is 110 cm³/mol. The van der Waals surface area contributed by atoms with Crippen molar-refractivity contribution >= 4 is 17.7 Å². The van der Waals surface area contributed by atoms with Crippen LogP contribution in [0.3, 0.4) is 0 Å². The zero-order valence-corrected chi connectivity index (χ0v) is 18.0. The maximum atomic E-state index is 13.2. The van der Waals surface area contributed by atoms with Crippen molar-refractivity contribution in [1.29, 1.82) is 0 Å². The number of carboxylic acid groups (broad SMARTS) is 1. The molecule has 3 aromatic rings. The smallest absolute Gasteiger partial charge is 0.416 e. The Kier molecular flexibility index (Phi) is 6.06. The summed E-state index contributed by atoms with van der Waals surface area (Å²) >= 11 is 0. The Morgan fingerprint density at radius 1 is 1.00 bits per heavy atom. The van der Waals surface area contributed by atoms with Crippen LogP contribution in [0.1, 0.15) is 28.2 Å². The SMILES string of the molecule is COc1cc(C2c3c[nH]nc3NC(=O)C2C(=O)O)ccc1Oc1cc(C(F)(F)F)cc(C(F)(F)F)c1. The van der Waals surface area contributed by atoms with E-state index in [4.69, 9.17) is 9.47 Å². The standard InChI is InChI=1S/C22H15F6N3O5/c1-35-15-4-9(16-13-8-29-31-18(13)30-19(32)17(16)20(33)34)2-3-14(15)36-12-6-10(21(23,24)25)5-11(7-12)22(26,27)28/h2-8,16-17H,1H3,(H,33,34)(H2,29,30,31,32). The highest BCUT2D eigenvalue weighted by Gasteiger charge is 2.43. The molecule has 14 heteroatoms. The summed E-state index contributed by atoms with van der Waals surface area (Å²) < 4.78 is 89.5. The largest absolute Gasteiger partial charge is 0.493 e. The van der Waals surface area contributed by atoms with Gasteiger partial charge in [0.25, 0.3) is 0 Å². The van der Waals surface area contributed by atoms with Gasteiger partial charge in [-0.25, -0.2) is 0 Å². The fourth-order valence-electron chi connectivity index (χ4n) is 3.86. The minimum Gasteiger partial charge on any atom is -0.493 e. The molecule has 1 aliphatic rings. The van der Waals surface area contributed by atoms with Crippen molar-refractivity contribution < 1.29 is 50.5 Å². The molecule has 0 fully saturated rings. The summed E-state index contributed by atoms with van der Waals surface area (Å²) in [7, 11) is 1.17. The first-order valence-electron chi connectivity index (χ1n) is 10.0. The summed E-state index contributed by atoms with van der Waals surface area (Å²) in [6.07, 6.45) is -8.74. The lowest BCUT2D eigenvalue weighted by Crippen LogP contribution is -2.39. The minimum atomic E-state index is -5.07. The molecule has 1 aromatic heterocycles. The molecular formula is C22H15F6N3O5. The van der Waals surface area contributed by atoms with Crippen LogP contribution in [-0.4, -0.2) is 34.3 Å². The first-order chi connectivity index (χ1) is 16.8. The Morgan fingerprint density at radius 2 is 1.64 bits per heavy atom. The van der Waals surface area contributed by atoms with Crippen LogP contribution in [0, 0.1) is 5.92 Å². The van der Waals surface area contributed by atoms with Crippen molar-refractivity contribution in [2.45, 2.75) is 18.3 Å². The molecule has 2 aromatic carbocycles. The maximum Gasteiger partial charge on any atom is 0.416 e. The van der Waals surface area contributed by atoms with E-state index in [9.17, 15) is 41.0 Å². The number of H-pyrrole nitrogens is 1. The predicted octanol–water partition coefficient (Wildman–Crippen LogP) is 5.03. The minimum absolute atomic E-state index is 0.0319. The van der Waals surface area contributed by atoms with Crippen LogP contribution >= 0.6 is 0 Å². The van der Waals surface area contributed by atoms with Crippen LogP contribution < -0.4 is 14.8 Å². The molecule has 4 rings (SSSR count). The lowest BCUT2D eigenvalue weighted by molar-refractivity contribution is -0.147. The van der Waals surface area contributed by atoms with E-state index in [0.717, 1.165) is 0 Å². The van der Waals surface area contributed by atoms with E-state index in [1.807, 2.05) is 0 Å². The van der Waals surface area contributed by atoms with Gasteiger partial charge in [0.05, 0.1) is 18.2 Å². The van der Waals surface area contributed by atoms with Gasteiger partial charge in [0.15, 0.2) is 17.3 Å². The molecule has 190 valence electrons. The van der Waals surface area contributed by atoms with Crippen LogP contribution in [0.5, 0.6) is 17.2 Å². The number of amides is 1. The van der Waals surface area contributed by atoms with Gasteiger partial charge in [-0.15, -0.1) is 0 Å². The Morgan fingerprint density at radius 3 is 2.19 bits per heavy atom. The second kappa shape index (κ2) is 8.77. The number of rotatable bonds is 5. The van der Waals surface area contributed by atoms with Gasteiger partial charge in [-0.3, -0.25) is 14.7 Å². The van der Waals surface area contributed by atoms with E-state index in [0.29, 0.717) is 17.7 Å². The number of halogens is 6. The van der Waals surface area contributed by atoms with Crippen LogP contribution in [0.4, 0.5) is 32.2 Å². The van der Waals surface area contributed by atoms with Crippen molar-refractivity contribution in [3.05, 3.63) is 64.8 Å². The quantitative estimate of drug-likeness (QED) is 0.325. The fraction of sp³-hybridized carbons (Fsp3) is 0.227. The van der Waals surface area contributed by atoms with Crippen molar-refractivity contribution in [2.75, 3.05) is 12.4 Å². The first-order valence-corrected chi connectivity index (χ1v) is 10.0. The zero-order valence-electron chi connectivity index (χ0n) is 18.0. The number of benzene rings is 2. The van der Waals surface area contributed by atoms with Crippen molar-refractivity contribution in [1.82, 2.24) is 10.2 Å². The van der Waals surface area contributed by atoms with Gasteiger partial charge < -0.3 is 19.9 Å². The van der Waals surface area contributed by atoms with Gasteiger partial charge in [-0.1, -0.05) is 6.07 Å². The normalized spacial score (nSPS) is 17.8. The third-order valence-corrected chi connectivity index (χ3v) is 5.46. The molecule has 8 nitrogen and oxygen atoms in total. The van der Waals surface area contributed by atoms with Gasteiger partial charge in [0.2, 0.25) is 5.91 Å². The van der Waals surface area contributed by atoms with E-state index in [-0.39, 0.29) is 28.9 Å². The second-order valence-corrected chi connectivity index (χ2v) is 7.73. The number of anilines is 1. The Balaban J connectivity index is 1.76. The summed E-state index contributed by atoms with van der Waals surface area (Å²) in [4.78, 5) is 24.2. The van der Waals surface area contributed by atoms with E-state index in [2.05, 4.69) is 15.5 Å². The molecule has 0 saturated carbocycles. The van der Waals surface area contributed by atoms with Crippen molar-refractivity contribution in [3.63, 3.8) is 0 Å². The number of hydrogen-bond donors (Lipinski definition) is 3. The molecule has 36 heavy (non-hydrogen) atoms. The third-order valence-electron chi connectivity index (χ3n) is 5.46. The number of hydrogen-bond acceptors (Lipinski definition) is 5. The number of fused-ring (bicyclic) bond motifs is 1. The number of aliphatic carboxylic acids is 1. The van der Waals surface area contributed by atoms with Gasteiger partial charge in [0, 0.05) is 17.7 Å². The van der Waals surface area contributed by atoms with Gasteiger partial charge in [-0.05, 0) is 35.9 Å². The first kappa shape index (κ1) is 24.9. The molecule has 2 heterocycles. The number of carbonyl (C=O) groups is 2. The van der Waals surface area contributed by atoms with Crippen LogP contribution in [-0.2, 0) is 21.9 Å². The average molecular weight is 515 g/mol. The zero-order chi connectivity index (χ0) is 26.4. The highest BCUT2D eigenvalue weighted by atomic mass is 19.4. The summed E-state index contributed by atoms with van der Waals surface area (Å²) in [6, 6.07) is 4.58. The lowest BCUT2D eigenvalue weighted by Gasteiger charge is -2.28. The number of alkyl halides is 6. The number of carbonyl (C=O) groups excluding carboxylic acids is 1. The molecule has 0 radical (unpaired) electrons. The number of aromatic amines is 1. The number of carboxylic acids is 1. The summed E-state index contributed by atoms with van der Waals surface area (Å²) in [5.41, 5.74) is -2.52. The molecule has 1 aliphatic heterocycles. The summed E-state index contributed by atoms with van der Waals surface area (Å²) in [5.74, 6) is -5.83.